The minimum Gasteiger partial charge on any atom is -0.444 e. The van der Waals surface area contributed by atoms with Gasteiger partial charge >= 0.3 is 0 Å². The Morgan fingerprint density at radius 3 is 2.68 bits per heavy atom. The van der Waals surface area contributed by atoms with Crippen molar-refractivity contribution in [2.24, 2.45) is 0 Å². The van der Waals surface area contributed by atoms with Crippen LogP contribution in [0.25, 0.3) is 0 Å². The van der Waals surface area contributed by atoms with E-state index in [2.05, 4.69) is 15.3 Å². The molecular formula is C16H18N4O2. The molecule has 0 aliphatic rings. The summed E-state index contributed by atoms with van der Waals surface area (Å²) in [6.45, 7) is 5.40. The standard InChI is InChI=1S/C16H18N4O2/c1-4-12-8-19-14(9-18-12)16(21)20-13-6-5-10(2)15(7-13)22-11(3)17/h5-9,17H,4H2,1-3H3,(H,20,21). The number of hydrogen-bond donors (Lipinski definition) is 2. The smallest absolute Gasteiger partial charge is 0.275 e. The molecule has 2 N–H and O–H groups in total. The van der Waals surface area contributed by atoms with E-state index in [0.717, 1.165) is 17.7 Å². The van der Waals surface area contributed by atoms with E-state index in [1.807, 2.05) is 19.9 Å². The zero-order valence-corrected chi connectivity index (χ0v) is 12.8. The number of aryl methyl sites for hydroxylation is 2. The van der Waals surface area contributed by atoms with Crippen molar-refractivity contribution in [3.63, 3.8) is 0 Å². The normalized spacial score (nSPS) is 10.1. The summed E-state index contributed by atoms with van der Waals surface area (Å²) in [7, 11) is 0. The van der Waals surface area contributed by atoms with Crippen molar-refractivity contribution < 1.29 is 9.53 Å². The number of nitrogens with one attached hydrogen (secondary N) is 2. The summed E-state index contributed by atoms with van der Waals surface area (Å²) < 4.78 is 5.31. The Morgan fingerprint density at radius 2 is 2.09 bits per heavy atom. The molecule has 0 atom stereocenters. The molecule has 2 aromatic rings. The van der Waals surface area contributed by atoms with E-state index in [0.29, 0.717) is 11.4 Å². The van der Waals surface area contributed by atoms with Crippen LogP contribution in [0.15, 0.2) is 30.6 Å². The molecule has 1 aromatic heterocycles. The SMILES string of the molecule is CCc1cnc(C(=O)Nc2ccc(C)c(OC(C)=N)c2)cn1. The van der Waals surface area contributed by atoms with Gasteiger partial charge in [-0.2, -0.15) is 0 Å². The number of carbonyl (C=O) groups is 1. The van der Waals surface area contributed by atoms with Crippen molar-refractivity contribution in [1.82, 2.24) is 9.97 Å². The average Bonchev–Trinajstić information content (AvgIpc) is 2.50. The van der Waals surface area contributed by atoms with Crippen molar-refractivity contribution in [3.8, 4) is 5.75 Å². The van der Waals surface area contributed by atoms with Crippen LogP contribution in [-0.4, -0.2) is 21.8 Å². The van der Waals surface area contributed by atoms with Crippen LogP contribution >= 0.6 is 0 Å². The molecule has 0 fully saturated rings. The van der Waals surface area contributed by atoms with Crippen LogP contribution in [0.4, 0.5) is 5.69 Å². The first-order chi connectivity index (χ1) is 10.5. The number of carbonyl (C=O) groups excluding carboxylic acids is 1. The lowest BCUT2D eigenvalue weighted by Crippen LogP contribution is -2.14. The first-order valence-corrected chi connectivity index (χ1v) is 6.95. The van der Waals surface area contributed by atoms with Gasteiger partial charge in [-0.1, -0.05) is 13.0 Å². The van der Waals surface area contributed by atoms with E-state index in [9.17, 15) is 4.79 Å². The highest BCUT2D eigenvalue weighted by Gasteiger charge is 2.10. The first-order valence-electron chi connectivity index (χ1n) is 6.95. The molecule has 0 aliphatic carbocycles. The molecule has 0 saturated carbocycles. The third kappa shape index (κ3) is 3.88. The second kappa shape index (κ2) is 6.80. The van der Waals surface area contributed by atoms with E-state index in [4.69, 9.17) is 10.1 Å². The number of anilines is 1. The largest absolute Gasteiger partial charge is 0.444 e. The summed E-state index contributed by atoms with van der Waals surface area (Å²) in [6, 6.07) is 5.27. The van der Waals surface area contributed by atoms with Gasteiger partial charge in [0.15, 0.2) is 5.90 Å². The highest BCUT2D eigenvalue weighted by molar-refractivity contribution is 6.02. The van der Waals surface area contributed by atoms with Gasteiger partial charge in [-0.05, 0) is 25.0 Å². The zero-order chi connectivity index (χ0) is 16.1. The zero-order valence-electron chi connectivity index (χ0n) is 12.8. The fraction of sp³-hybridized carbons (Fsp3) is 0.250. The van der Waals surface area contributed by atoms with Gasteiger partial charge in [-0.15, -0.1) is 0 Å². The van der Waals surface area contributed by atoms with Crippen LogP contribution in [0.5, 0.6) is 5.75 Å². The maximum Gasteiger partial charge on any atom is 0.275 e. The van der Waals surface area contributed by atoms with Crippen molar-refractivity contribution >= 4 is 17.5 Å². The van der Waals surface area contributed by atoms with Crippen molar-refractivity contribution in [3.05, 3.63) is 47.5 Å². The Balaban J connectivity index is 2.15. The molecule has 1 aromatic carbocycles. The monoisotopic (exact) mass is 298 g/mol. The molecule has 6 nitrogen and oxygen atoms in total. The summed E-state index contributed by atoms with van der Waals surface area (Å²) in [4.78, 5) is 20.4. The lowest BCUT2D eigenvalue weighted by atomic mass is 10.2. The summed E-state index contributed by atoms with van der Waals surface area (Å²) in [6.07, 6.45) is 3.83. The van der Waals surface area contributed by atoms with Crippen molar-refractivity contribution in [2.45, 2.75) is 27.2 Å². The second-order valence-electron chi connectivity index (χ2n) is 4.84. The van der Waals surface area contributed by atoms with Gasteiger partial charge in [0.25, 0.3) is 5.91 Å². The highest BCUT2D eigenvalue weighted by atomic mass is 16.5. The van der Waals surface area contributed by atoms with Crippen LogP contribution in [0.1, 0.15) is 35.6 Å². The van der Waals surface area contributed by atoms with E-state index in [-0.39, 0.29) is 17.5 Å². The molecule has 0 aliphatic heterocycles. The Hall–Kier alpha value is -2.76. The molecule has 2 rings (SSSR count). The molecule has 0 unspecified atom stereocenters. The van der Waals surface area contributed by atoms with Crippen molar-refractivity contribution in [1.29, 1.82) is 5.41 Å². The van der Waals surface area contributed by atoms with Crippen LogP contribution in [0.3, 0.4) is 0 Å². The predicted octanol–water partition coefficient (Wildman–Crippen LogP) is 2.98. The van der Waals surface area contributed by atoms with Crippen LogP contribution in [0.2, 0.25) is 0 Å². The topological polar surface area (TPSA) is 88.0 Å². The second-order valence-corrected chi connectivity index (χ2v) is 4.84. The number of nitrogens with zero attached hydrogens (tertiary/aromatic N) is 2. The van der Waals surface area contributed by atoms with Gasteiger partial charge in [-0.25, -0.2) is 4.98 Å². The molecule has 22 heavy (non-hydrogen) atoms. The van der Waals surface area contributed by atoms with Gasteiger partial charge in [0.05, 0.1) is 11.9 Å². The van der Waals surface area contributed by atoms with Gasteiger partial charge < -0.3 is 10.1 Å². The third-order valence-corrected chi connectivity index (χ3v) is 3.01. The van der Waals surface area contributed by atoms with Gasteiger partial charge in [0, 0.05) is 24.9 Å². The molecule has 0 saturated heterocycles. The molecule has 1 amide bonds. The molecule has 1 heterocycles. The summed E-state index contributed by atoms with van der Waals surface area (Å²) in [5.74, 6) is 0.293. The van der Waals surface area contributed by atoms with Crippen molar-refractivity contribution in [2.75, 3.05) is 5.32 Å². The Bertz CT molecular complexity index is 696. The average molecular weight is 298 g/mol. The van der Waals surface area contributed by atoms with E-state index >= 15 is 0 Å². The van der Waals surface area contributed by atoms with Gasteiger partial charge in [-0.3, -0.25) is 15.2 Å². The molecule has 0 bridgehead atoms. The molecular weight excluding hydrogens is 280 g/mol. The van der Waals surface area contributed by atoms with E-state index < -0.39 is 0 Å². The summed E-state index contributed by atoms with van der Waals surface area (Å²) in [5, 5.41) is 10.1. The number of benzene rings is 1. The quantitative estimate of drug-likeness (QED) is 0.671. The Morgan fingerprint density at radius 1 is 1.32 bits per heavy atom. The lowest BCUT2D eigenvalue weighted by Gasteiger charge is -2.10. The van der Waals surface area contributed by atoms with Crippen LogP contribution in [0, 0.1) is 12.3 Å². The fourth-order valence-electron chi connectivity index (χ4n) is 1.80. The van der Waals surface area contributed by atoms with E-state index in [1.54, 1.807) is 25.3 Å². The number of hydrogen-bond acceptors (Lipinski definition) is 5. The molecule has 0 radical (unpaired) electrons. The Labute approximate surface area is 129 Å². The number of aromatic nitrogens is 2. The molecule has 6 heteroatoms. The summed E-state index contributed by atoms with van der Waals surface area (Å²) >= 11 is 0. The fourth-order valence-corrected chi connectivity index (χ4v) is 1.80. The maximum atomic E-state index is 12.1. The molecule has 0 spiro atoms. The first kappa shape index (κ1) is 15.6. The van der Waals surface area contributed by atoms with E-state index in [1.165, 1.54) is 6.20 Å². The Kier molecular flexibility index (Phi) is 4.83. The van der Waals surface area contributed by atoms with Crippen LogP contribution in [-0.2, 0) is 6.42 Å². The van der Waals surface area contributed by atoms with Crippen LogP contribution < -0.4 is 10.1 Å². The lowest BCUT2D eigenvalue weighted by molar-refractivity contribution is 0.102. The minimum atomic E-state index is -0.337. The predicted molar refractivity (Wildman–Crippen MR) is 84.6 cm³/mol. The number of amides is 1. The maximum absolute atomic E-state index is 12.1. The van der Waals surface area contributed by atoms with Gasteiger partial charge in [0.1, 0.15) is 11.4 Å². The summed E-state index contributed by atoms with van der Waals surface area (Å²) in [5.41, 5.74) is 2.55. The minimum absolute atomic E-state index is 0.0904. The molecule has 114 valence electrons. The van der Waals surface area contributed by atoms with Gasteiger partial charge in [0.2, 0.25) is 0 Å². The highest BCUT2D eigenvalue weighted by Crippen LogP contribution is 2.23. The number of rotatable bonds is 4. The number of ether oxygens (including phenoxy) is 1. The third-order valence-electron chi connectivity index (χ3n) is 3.01.